The number of anilines is 1. The molecule has 0 aliphatic carbocycles. The van der Waals surface area contributed by atoms with Gasteiger partial charge in [0.15, 0.2) is 0 Å². The molecule has 6 nitrogen and oxygen atoms in total. The van der Waals surface area contributed by atoms with Gasteiger partial charge in [-0.05, 0) is 65.1 Å². The van der Waals surface area contributed by atoms with Crippen LogP contribution >= 0.6 is 11.8 Å². The monoisotopic (exact) mass is 522 g/mol. The summed E-state index contributed by atoms with van der Waals surface area (Å²) in [6.45, 7) is 2.26. The minimum absolute atomic E-state index is 0.347. The lowest BCUT2D eigenvalue weighted by Crippen LogP contribution is -2.26. The van der Waals surface area contributed by atoms with E-state index in [1.54, 1.807) is 23.9 Å². The molecule has 2 N–H and O–H groups in total. The molecule has 5 aromatic rings. The Kier molecular flexibility index (Phi) is 7.47. The van der Waals surface area contributed by atoms with Gasteiger partial charge < -0.3 is 14.8 Å². The zero-order valence-corrected chi connectivity index (χ0v) is 21.8. The first kappa shape index (κ1) is 25.2. The molecule has 0 bridgehead atoms. The summed E-state index contributed by atoms with van der Waals surface area (Å²) in [5.41, 5.74) is 1.96. The summed E-state index contributed by atoms with van der Waals surface area (Å²) in [7, 11) is 0. The van der Waals surface area contributed by atoms with Crippen molar-refractivity contribution in [1.82, 2.24) is 5.32 Å². The number of rotatable bonds is 6. The molecule has 0 saturated carbocycles. The molecule has 0 saturated heterocycles. The summed E-state index contributed by atoms with van der Waals surface area (Å²) < 4.78 is 11.7. The van der Waals surface area contributed by atoms with Gasteiger partial charge in [-0.2, -0.15) is 0 Å². The minimum atomic E-state index is -0.619. The van der Waals surface area contributed by atoms with Crippen molar-refractivity contribution in [3.8, 4) is 22.6 Å². The topological polar surface area (TPSA) is 76.7 Å². The van der Waals surface area contributed by atoms with Crippen LogP contribution in [-0.2, 0) is 0 Å². The number of nitrogens with one attached hydrogen (secondary N) is 2. The van der Waals surface area contributed by atoms with Crippen molar-refractivity contribution in [3.05, 3.63) is 97.1 Å². The molecule has 0 spiro atoms. The van der Waals surface area contributed by atoms with Gasteiger partial charge >= 0.3 is 12.2 Å². The van der Waals surface area contributed by atoms with Gasteiger partial charge in [0.2, 0.25) is 0 Å². The maximum absolute atomic E-state index is 13.1. The van der Waals surface area contributed by atoms with Crippen molar-refractivity contribution < 1.29 is 19.1 Å². The summed E-state index contributed by atoms with van der Waals surface area (Å²) in [5, 5.41) is 9.15. The van der Waals surface area contributed by atoms with E-state index in [0.29, 0.717) is 34.9 Å². The number of benzene rings is 5. The Balaban J connectivity index is 1.66. The number of ether oxygens (including phenoxy) is 2. The fraction of sp³-hybridized carbons (Fsp3) is 0.0968. The van der Waals surface area contributed by atoms with E-state index < -0.39 is 12.2 Å². The van der Waals surface area contributed by atoms with Gasteiger partial charge in [0.05, 0.1) is 0 Å². The van der Waals surface area contributed by atoms with Crippen LogP contribution in [-0.4, -0.2) is 25.0 Å². The van der Waals surface area contributed by atoms with Crippen molar-refractivity contribution >= 4 is 51.2 Å². The van der Waals surface area contributed by atoms with Crippen molar-refractivity contribution in [2.45, 2.75) is 11.8 Å². The highest BCUT2D eigenvalue weighted by molar-refractivity contribution is 7.98. The highest BCUT2D eigenvalue weighted by Gasteiger charge is 2.22. The average Bonchev–Trinajstić information content (AvgIpc) is 2.93. The molecule has 0 unspecified atom stereocenters. The van der Waals surface area contributed by atoms with Crippen LogP contribution in [0.4, 0.5) is 15.3 Å². The Morgan fingerprint density at radius 3 is 1.87 bits per heavy atom. The molecule has 0 heterocycles. The van der Waals surface area contributed by atoms with Crippen LogP contribution in [0.3, 0.4) is 0 Å². The SMILES string of the molecule is CCNC(=O)Oc1ccc2ccccc2c1-c1c(OC(=O)Nc2cccc(SC)c2)ccc2ccccc12. The Morgan fingerprint density at radius 1 is 0.711 bits per heavy atom. The first-order chi connectivity index (χ1) is 18.6. The van der Waals surface area contributed by atoms with Crippen LogP contribution in [0.5, 0.6) is 11.5 Å². The van der Waals surface area contributed by atoms with Gasteiger partial charge in [-0.15, -0.1) is 11.8 Å². The molecular formula is C31H26N2O4S. The lowest BCUT2D eigenvalue weighted by molar-refractivity contribution is 0.201. The molecule has 5 rings (SSSR count). The van der Waals surface area contributed by atoms with Crippen LogP contribution in [0.15, 0.2) is 102 Å². The second-order valence-corrected chi connectivity index (χ2v) is 9.37. The van der Waals surface area contributed by atoms with E-state index in [0.717, 1.165) is 26.4 Å². The molecule has 0 aromatic heterocycles. The molecule has 0 aliphatic rings. The predicted molar refractivity (Wildman–Crippen MR) is 154 cm³/mol. The van der Waals surface area contributed by atoms with Crippen LogP contribution in [0.25, 0.3) is 32.7 Å². The number of hydrogen-bond acceptors (Lipinski definition) is 5. The van der Waals surface area contributed by atoms with E-state index in [1.807, 2.05) is 98.1 Å². The van der Waals surface area contributed by atoms with E-state index >= 15 is 0 Å². The largest absolute Gasteiger partial charge is 0.417 e. The lowest BCUT2D eigenvalue weighted by atomic mass is 9.92. The zero-order chi connectivity index (χ0) is 26.5. The second-order valence-electron chi connectivity index (χ2n) is 8.49. The third-order valence-corrected chi connectivity index (χ3v) is 6.80. The van der Waals surface area contributed by atoms with Gasteiger partial charge in [-0.25, -0.2) is 9.59 Å². The van der Waals surface area contributed by atoms with Crippen molar-refractivity contribution in [2.24, 2.45) is 0 Å². The summed E-state index contributed by atoms with van der Waals surface area (Å²) in [6, 6.07) is 30.6. The molecule has 0 fully saturated rings. The number of fused-ring (bicyclic) bond motifs is 2. The van der Waals surface area contributed by atoms with Gasteiger partial charge in [-0.1, -0.05) is 66.7 Å². The molecule has 38 heavy (non-hydrogen) atoms. The molecule has 5 aromatic carbocycles. The molecule has 0 aliphatic heterocycles. The smallest absolute Gasteiger partial charge is 0.410 e. The van der Waals surface area contributed by atoms with Crippen LogP contribution < -0.4 is 20.1 Å². The van der Waals surface area contributed by atoms with E-state index in [2.05, 4.69) is 10.6 Å². The Labute approximate surface area is 225 Å². The van der Waals surface area contributed by atoms with Crippen molar-refractivity contribution in [1.29, 1.82) is 0 Å². The fourth-order valence-electron chi connectivity index (χ4n) is 4.41. The average molecular weight is 523 g/mol. The van der Waals surface area contributed by atoms with Gasteiger partial charge in [0.1, 0.15) is 11.5 Å². The summed E-state index contributed by atoms with van der Waals surface area (Å²) in [6.07, 6.45) is 0.799. The second kappa shape index (κ2) is 11.3. The van der Waals surface area contributed by atoms with Gasteiger partial charge in [-0.3, -0.25) is 5.32 Å². The Bertz CT molecular complexity index is 1650. The standard InChI is InChI=1S/C31H26N2O4S/c1-3-32-30(34)36-26-17-15-20-9-4-6-13-24(20)28(26)29-25-14-7-5-10-21(25)16-18-27(29)37-31(35)33-22-11-8-12-23(19-22)38-2/h4-19H,3H2,1-2H3,(H,32,34)(H,33,35). The van der Waals surface area contributed by atoms with Crippen LogP contribution in [0, 0.1) is 0 Å². The third-order valence-electron chi connectivity index (χ3n) is 6.07. The summed E-state index contributed by atoms with van der Waals surface area (Å²) >= 11 is 1.59. The number of amides is 2. The number of hydrogen-bond donors (Lipinski definition) is 2. The summed E-state index contributed by atoms with van der Waals surface area (Å²) in [5.74, 6) is 0.711. The van der Waals surface area contributed by atoms with Gasteiger partial charge in [0, 0.05) is 28.3 Å². The molecule has 7 heteroatoms. The minimum Gasteiger partial charge on any atom is -0.410 e. The maximum Gasteiger partial charge on any atom is 0.417 e. The first-order valence-electron chi connectivity index (χ1n) is 12.2. The van der Waals surface area contributed by atoms with E-state index in [-0.39, 0.29) is 0 Å². The van der Waals surface area contributed by atoms with E-state index in [4.69, 9.17) is 9.47 Å². The fourth-order valence-corrected chi connectivity index (χ4v) is 4.87. The maximum atomic E-state index is 13.1. The first-order valence-corrected chi connectivity index (χ1v) is 13.4. The van der Waals surface area contributed by atoms with E-state index in [1.165, 1.54) is 0 Å². The number of carbonyl (C=O) groups is 2. The number of carbonyl (C=O) groups excluding carboxylic acids is 2. The highest BCUT2D eigenvalue weighted by atomic mass is 32.2. The Hall–Kier alpha value is -4.49. The third kappa shape index (κ3) is 5.28. The number of thioether (sulfide) groups is 1. The Morgan fingerprint density at radius 2 is 1.29 bits per heavy atom. The molecular weight excluding hydrogens is 496 g/mol. The van der Waals surface area contributed by atoms with Crippen molar-refractivity contribution in [3.63, 3.8) is 0 Å². The summed E-state index contributed by atoms with van der Waals surface area (Å²) in [4.78, 5) is 26.6. The molecule has 190 valence electrons. The highest BCUT2D eigenvalue weighted by Crippen LogP contribution is 2.45. The predicted octanol–water partition coefficient (Wildman–Crippen LogP) is 8.10. The molecule has 0 atom stereocenters. The van der Waals surface area contributed by atoms with E-state index in [9.17, 15) is 9.59 Å². The lowest BCUT2D eigenvalue weighted by Gasteiger charge is -2.19. The van der Waals surface area contributed by atoms with Crippen LogP contribution in [0.1, 0.15) is 6.92 Å². The quantitative estimate of drug-likeness (QED) is 0.220. The van der Waals surface area contributed by atoms with Crippen molar-refractivity contribution in [2.75, 3.05) is 18.1 Å². The van der Waals surface area contributed by atoms with Crippen LogP contribution in [0.2, 0.25) is 0 Å². The zero-order valence-electron chi connectivity index (χ0n) is 21.0. The normalized spacial score (nSPS) is 10.8. The van der Waals surface area contributed by atoms with Gasteiger partial charge in [0.25, 0.3) is 0 Å². The molecule has 2 amide bonds. The molecule has 0 radical (unpaired) electrons.